The molecule has 12 heteroatoms. The Kier molecular flexibility index (Phi) is 9.69. The number of hydrogen-bond acceptors (Lipinski definition) is 8. The Labute approximate surface area is 240 Å². The summed E-state index contributed by atoms with van der Waals surface area (Å²) in [6.07, 6.45) is 2.66. The van der Waals surface area contributed by atoms with Crippen molar-refractivity contribution in [1.82, 2.24) is 9.88 Å². The number of nitrogens with zero attached hydrogens (tertiary/aromatic N) is 2. The second-order valence-electron chi connectivity index (χ2n) is 9.50. The number of primary amides is 1. The Balaban J connectivity index is 0.000000417. The summed E-state index contributed by atoms with van der Waals surface area (Å²) in [6.45, 7) is 3.41. The summed E-state index contributed by atoms with van der Waals surface area (Å²) >= 11 is 1.50. The van der Waals surface area contributed by atoms with Crippen molar-refractivity contribution in [3.63, 3.8) is 0 Å². The first-order chi connectivity index (χ1) is 19.7. The van der Waals surface area contributed by atoms with Gasteiger partial charge >= 0.3 is 17.6 Å². The lowest BCUT2D eigenvalue weighted by Crippen LogP contribution is -2.32. The van der Waals surface area contributed by atoms with E-state index in [0.29, 0.717) is 16.8 Å². The quantitative estimate of drug-likeness (QED) is 0.244. The van der Waals surface area contributed by atoms with Gasteiger partial charge in [0.05, 0.1) is 17.3 Å². The van der Waals surface area contributed by atoms with Crippen molar-refractivity contribution in [2.45, 2.75) is 38.6 Å². The zero-order valence-corrected chi connectivity index (χ0v) is 23.3. The molecule has 1 saturated heterocycles. The maximum Gasteiger partial charge on any atom is 0.348 e. The third-order valence-corrected chi connectivity index (χ3v) is 7.42. The molecule has 41 heavy (non-hydrogen) atoms. The summed E-state index contributed by atoms with van der Waals surface area (Å²) in [5, 5.41) is 17.2. The number of carbonyl (C=O) groups excluding carboxylic acids is 2. The minimum absolute atomic E-state index is 0.176. The van der Waals surface area contributed by atoms with E-state index in [2.05, 4.69) is 15.6 Å². The lowest BCUT2D eigenvalue weighted by molar-refractivity contribution is -0.138. The van der Waals surface area contributed by atoms with E-state index in [1.54, 1.807) is 24.0 Å². The van der Waals surface area contributed by atoms with Gasteiger partial charge in [-0.1, -0.05) is 36.4 Å². The molecule has 11 nitrogen and oxygen atoms in total. The van der Waals surface area contributed by atoms with E-state index in [0.717, 1.165) is 36.4 Å². The lowest BCUT2D eigenvalue weighted by atomic mass is 10.1. The summed E-state index contributed by atoms with van der Waals surface area (Å²) in [5.41, 5.74) is 6.49. The Hall–Kier alpha value is -4.71. The van der Waals surface area contributed by atoms with Crippen LogP contribution in [-0.2, 0) is 22.4 Å². The van der Waals surface area contributed by atoms with Gasteiger partial charge in [0.1, 0.15) is 6.04 Å². The molecule has 3 amide bonds. The number of carbonyl (C=O) groups is 3. The number of nitrogens with two attached hydrogens (primary N) is 1. The number of carboxylic acids is 1. The van der Waals surface area contributed by atoms with Crippen LogP contribution in [0.2, 0.25) is 0 Å². The van der Waals surface area contributed by atoms with Crippen molar-refractivity contribution >= 4 is 51.8 Å². The first kappa shape index (κ1) is 29.3. The number of thiophene rings is 1. The number of urea groups is 1. The molecule has 5 N–H and O–H groups in total. The van der Waals surface area contributed by atoms with E-state index in [-0.39, 0.29) is 36.2 Å². The van der Waals surface area contributed by atoms with Crippen LogP contribution in [0, 0.1) is 6.92 Å². The van der Waals surface area contributed by atoms with Crippen molar-refractivity contribution in [2.75, 3.05) is 23.7 Å². The highest BCUT2D eigenvalue weighted by atomic mass is 32.1. The van der Waals surface area contributed by atoms with Crippen LogP contribution in [0.5, 0.6) is 0 Å². The average molecular weight is 578 g/mol. The molecule has 2 aromatic heterocycles. The zero-order chi connectivity index (χ0) is 29.4. The minimum atomic E-state index is -1.09. The van der Waals surface area contributed by atoms with Crippen molar-refractivity contribution < 1.29 is 23.9 Å². The van der Waals surface area contributed by atoms with Gasteiger partial charge in [-0.2, -0.15) is 4.98 Å². The Morgan fingerprint density at radius 2 is 1.83 bits per heavy atom. The maximum absolute atomic E-state index is 12.7. The van der Waals surface area contributed by atoms with Crippen LogP contribution in [0.25, 0.3) is 10.9 Å². The van der Waals surface area contributed by atoms with E-state index >= 15 is 0 Å². The number of anilines is 2. The van der Waals surface area contributed by atoms with Crippen LogP contribution >= 0.6 is 11.3 Å². The second kappa shape index (κ2) is 13.6. The van der Waals surface area contributed by atoms with Gasteiger partial charge in [-0.05, 0) is 54.5 Å². The van der Waals surface area contributed by atoms with Gasteiger partial charge in [-0.25, -0.2) is 14.4 Å². The average Bonchev–Trinajstić information content (AvgIpc) is 3.66. The van der Waals surface area contributed by atoms with Crippen molar-refractivity contribution in [1.29, 1.82) is 0 Å². The highest BCUT2D eigenvalue weighted by Gasteiger charge is 2.21. The number of carboxylic acid groups (broad SMARTS) is 1. The second-order valence-corrected chi connectivity index (χ2v) is 10.5. The Morgan fingerprint density at radius 3 is 2.44 bits per heavy atom. The highest BCUT2D eigenvalue weighted by Crippen LogP contribution is 2.24. The zero-order valence-electron chi connectivity index (χ0n) is 22.5. The van der Waals surface area contributed by atoms with Crippen LogP contribution in [0.1, 0.15) is 28.8 Å². The normalized spacial score (nSPS) is 13.2. The summed E-state index contributed by atoms with van der Waals surface area (Å²) in [4.78, 5) is 54.0. The minimum Gasteiger partial charge on any atom is -0.480 e. The number of hydrogen-bond donors (Lipinski definition) is 4. The number of benzene rings is 2. The molecule has 1 fully saturated rings. The summed E-state index contributed by atoms with van der Waals surface area (Å²) < 4.78 is 5.28. The van der Waals surface area contributed by atoms with Gasteiger partial charge in [0.25, 0.3) is 6.01 Å². The molecule has 3 heterocycles. The van der Waals surface area contributed by atoms with E-state index in [9.17, 15) is 24.3 Å². The summed E-state index contributed by atoms with van der Waals surface area (Å²) in [6, 6.07) is 14.7. The third-order valence-electron chi connectivity index (χ3n) is 6.54. The first-order valence-corrected chi connectivity index (χ1v) is 13.9. The van der Waals surface area contributed by atoms with Gasteiger partial charge < -0.3 is 30.8 Å². The molecular weight excluding hydrogens is 546 g/mol. The van der Waals surface area contributed by atoms with Crippen molar-refractivity contribution in [2.24, 2.45) is 5.73 Å². The Bertz CT molecular complexity index is 1570. The van der Waals surface area contributed by atoms with Crippen molar-refractivity contribution in [3.05, 3.63) is 86.4 Å². The fourth-order valence-electron chi connectivity index (χ4n) is 4.42. The number of aliphatic carboxylic acids is 1. The van der Waals surface area contributed by atoms with Crippen LogP contribution in [-0.4, -0.2) is 52.0 Å². The van der Waals surface area contributed by atoms with E-state index in [4.69, 9.17) is 10.2 Å². The van der Waals surface area contributed by atoms with E-state index in [1.165, 1.54) is 11.3 Å². The fraction of sp³-hybridized carbons (Fsp3) is 0.276. The smallest absolute Gasteiger partial charge is 0.348 e. The predicted molar refractivity (Wildman–Crippen MR) is 157 cm³/mol. The fourth-order valence-corrected chi connectivity index (χ4v) is 5.12. The molecule has 0 saturated carbocycles. The molecule has 0 unspecified atom stereocenters. The number of fused-ring (bicyclic) bond motifs is 1. The van der Waals surface area contributed by atoms with Crippen molar-refractivity contribution in [3.8, 4) is 0 Å². The number of rotatable bonds is 8. The summed E-state index contributed by atoms with van der Waals surface area (Å²) in [7, 11) is 0. The van der Waals surface area contributed by atoms with Crippen LogP contribution in [0.4, 0.5) is 16.5 Å². The topological polar surface area (TPSA) is 168 Å². The first-order valence-electron chi connectivity index (χ1n) is 13.1. The molecule has 0 bridgehead atoms. The number of amides is 3. The number of aryl methyl sites for hydroxylation is 1. The molecule has 1 atom stereocenters. The number of likely N-dealkylation sites (tertiary alicyclic amines) is 1. The Morgan fingerprint density at radius 1 is 1.10 bits per heavy atom. The predicted octanol–water partition coefficient (Wildman–Crippen LogP) is 4.01. The van der Waals surface area contributed by atoms with Crippen LogP contribution in [0.3, 0.4) is 0 Å². The van der Waals surface area contributed by atoms with E-state index in [1.807, 2.05) is 47.8 Å². The highest BCUT2D eigenvalue weighted by molar-refractivity contribution is 7.10. The SMILES string of the molecule is Cc1c(NC(=O)Cc2cccs2)ccc2nc(N[C@@H](Cc3ccccc3)C(=O)O)oc(=O)c12.NC(=O)N1CCCC1. The monoisotopic (exact) mass is 577 g/mol. The number of nitrogens with one attached hydrogen (secondary N) is 2. The third kappa shape index (κ3) is 7.92. The van der Waals surface area contributed by atoms with Gasteiger partial charge in [0.2, 0.25) is 5.91 Å². The van der Waals surface area contributed by atoms with Gasteiger partial charge in [-0.3, -0.25) is 4.79 Å². The molecule has 4 aromatic rings. The van der Waals surface area contributed by atoms with Crippen LogP contribution < -0.4 is 22.0 Å². The molecular formula is C29H31N5O6S. The van der Waals surface area contributed by atoms with Gasteiger partial charge in [-0.15, -0.1) is 11.3 Å². The molecule has 1 aliphatic heterocycles. The van der Waals surface area contributed by atoms with Gasteiger partial charge in [0, 0.05) is 30.1 Å². The van der Waals surface area contributed by atoms with Gasteiger partial charge in [0.15, 0.2) is 0 Å². The molecule has 0 spiro atoms. The maximum atomic E-state index is 12.7. The summed E-state index contributed by atoms with van der Waals surface area (Å²) in [5.74, 6) is -1.29. The largest absolute Gasteiger partial charge is 0.480 e. The van der Waals surface area contributed by atoms with Crippen LogP contribution in [0.15, 0.2) is 69.2 Å². The lowest BCUT2D eigenvalue weighted by Gasteiger charge is -2.15. The number of aromatic nitrogens is 1. The molecule has 0 radical (unpaired) electrons. The molecule has 2 aromatic carbocycles. The molecule has 1 aliphatic rings. The van der Waals surface area contributed by atoms with E-state index < -0.39 is 17.6 Å². The standard InChI is InChI=1S/C24H21N3O5S.C5H10N2O/c1-14-17(25-20(28)13-16-8-5-11-33-16)9-10-18-21(14)23(31)32-24(26-18)27-19(22(29)30)12-15-6-3-2-4-7-15;6-5(8)7-3-1-2-4-7/h2-11,19H,12-13H2,1H3,(H,25,28)(H,26,27)(H,29,30);1-4H2,(H2,6,8)/t19-;/m0./s1. The molecule has 0 aliphatic carbocycles. The molecule has 214 valence electrons. The molecule has 5 rings (SSSR count).